The number of para-hydroxylation sites is 5. The first-order valence-corrected chi connectivity index (χ1v) is 39.1. The smallest absolute Gasteiger partial charge is 0.167 e. The SMILES string of the molecule is c1ccc2c(c1)-c1c(-c3nc(-c4cccc5c4oc4ccccc45)nc(-c4cccc5oc6c(-c7ccc8c(c7)C7(c9cccc(-c%10nc(-c%11cccc%12oc%13ccccc%13c%11%12)nc(-c%11cccc%12oc%13ccccc%13c%11%12)n%10)c9-8)C8CC9CC(C8)CC7C9)cccc6c45)n3)cccc1C21C2CC3CC(C2)CC1C3. The molecule has 514 valence electrons. The van der Waals surface area contributed by atoms with E-state index in [-0.39, 0.29) is 10.8 Å². The number of fused-ring (bicyclic) bond motifs is 18. The molecule has 6 heterocycles. The Hall–Kier alpha value is -12.1. The molecule has 108 heavy (non-hydrogen) atoms. The minimum atomic E-state index is -0.224. The van der Waals surface area contributed by atoms with E-state index < -0.39 is 0 Å². The molecule has 0 saturated heterocycles. The predicted octanol–water partition coefficient (Wildman–Crippen LogP) is 24.8. The van der Waals surface area contributed by atoms with E-state index in [2.05, 4.69) is 194 Å². The van der Waals surface area contributed by atoms with Crippen molar-refractivity contribution in [1.82, 2.24) is 29.9 Å². The number of benzene rings is 12. The van der Waals surface area contributed by atoms with Gasteiger partial charge in [-0.2, -0.15) is 0 Å². The van der Waals surface area contributed by atoms with Crippen molar-refractivity contribution in [2.45, 2.75) is 75.0 Å². The lowest BCUT2D eigenvalue weighted by atomic mass is 9.43. The van der Waals surface area contributed by atoms with Gasteiger partial charge in [-0.15, -0.1) is 0 Å². The van der Waals surface area contributed by atoms with Crippen LogP contribution in [0, 0.1) is 47.3 Å². The third kappa shape index (κ3) is 7.76. The molecule has 10 heteroatoms. The summed E-state index contributed by atoms with van der Waals surface area (Å²) in [5, 5.41) is 8.06. The molecule has 2 spiro atoms. The van der Waals surface area contributed by atoms with Crippen molar-refractivity contribution in [3.05, 3.63) is 265 Å². The first-order chi connectivity index (χ1) is 53.4. The molecule has 0 aliphatic heterocycles. The maximum absolute atomic E-state index is 7.39. The topological polar surface area (TPSA) is 130 Å². The summed E-state index contributed by atoms with van der Waals surface area (Å²) in [6.45, 7) is 0. The van der Waals surface area contributed by atoms with Crippen LogP contribution < -0.4 is 0 Å². The lowest BCUT2D eigenvalue weighted by Crippen LogP contribution is -2.55. The summed E-state index contributed by atoms with van der Waals surface area (Å²) >= 11 is 0. The van der Waals surface area contributed by atoms with Crippen LogP contribution in [0.15, 0.2) is 260 Å². The van der Waals surface area contributed by atoms with Gasteiger partial charge in [-0.05, 0) is 210 Å². The summed E-state index contributed by atoms with van der Waals surface area (Å²) in [5.74, 6) is 8.95. The van der Waals surface area contributed by atoms with Gasteiger partial charge in [0.25, 0.3) is 0 Å². The van der Waals surface area contributed by atoms with Gasteiger partial charge < -0.3 is 17.7 Å². The Labute approximate surface area is 620 Å². The van der Waals surface area contributed by atoms with Gasteiger partial charge in [0, 0.05) is 87.3 Å². The van der Waals surface area contributed by atoms with Gasteiger partial charge >= 0.3 is 0 Å². The lowest BCUT2D eigenvalue weighted by Gasteiger charge is -2.61. The van der Waals surface area contributed by atoms with Crippen LogP contribution in [0.3, 0.4) is 0 Å². The van der Waals surface area contributed by atoms with E-state index in [1.165, 1.54) is 109 Å². The molecule has 0 unspecified atom stereocenters. The second-order valence-electron chi connectivity index (χ2n) is 33.0. The molecule has 18 aromatic rings. The molecule has 8 bridgehead atoms. The first kappa shape index (κ1) is 59.1. The third-order valence-electron chi connectivity index (χ3n) is 28.0. The molecule has 0 radical (unpaired) electrons. The highest BCUT2D eigenvalue weighted by molar-refractivity contribution is 6.17. The number of nitrogens with zero attached hydrogens (tertiary/aromatic N) is 6. The largest absolute Gasteiger partial charge is 0.456 e. The fourth-order valence-corrected chi connectivity index (χ4v) is 24.6. The summed E-state index contributed by atoms with van der Waals surface area (Å²) in [4.78, 5) is 33.9. The van der Waals surface area contributed by atoms with Crippen molar-refractivity contribution in [3.8, 4) is 102 Å². The molecule has 10 aliphatic rings. The van der Waals surface area contributed by atoms with Crippen LogP contribution in [0.5, 0.6) is 0 Å². The molecule has 10 aliphatic carbocycles. The average molecular weight is 1390 g/mol. The lowest BCUT2D eigenvalue weighted by molar-refractivity contribution is -0.0399. The predicted molar refractivity (Wildman–Crippen MR) is 427 cm³/mol. The maximum atomic E-state index is 7.39. The van der Waals surface area contributed by atoms with Gasteiger partial charge in [-0.25, -0.2) is 29.9 Å². The Morgan fingerprint density at radius 2 is 0.565 bits per heavy atom. The van der Waals surface area contributed by atoms with Crippen molar-refractivity contribution in [2.75, 3.05) is 0 Å². The summed E-state index contributed by atoms with van der Waals surface area (Å²) in [6, 6.07) is 87.6. The van der Waals surface area contributed by atoms with Gasteiger partial charge in [-0.3, -0.25) is 0 Å². The normalized spacial score (nSPS) is 23.8. The van der Waals surface area contributed by atoms with E-state index in [4.69, 9.17) is 47.6 Å². The van der Waals surface area contributed by atoms with Gasteiger partial charge in [0.15, 0.2) is 34.9 Å². The Balaban J connectivity index is 0.663. The number of furan rings is 4. The molecule has 8 fully saturated rings. The van der Waals surface area contributed by atoms with E-state index in [0.29, 0.717) is 58.6 Å². The fourth-order valence-electron chi connectivity index (χ4n) is 24.6. The van der Waals surface area contributed by atoms with Crippen LogP contribution in [-0.4, -0.2) is 29.9 Å². The highest BCUT2D eigenvalue weighted by atomic mass is 16.3. The molecule has 6 aromatic heterocycles. The summed E-state index contributed by atoms with van der Waals surface area (Å²) in [7, 11) is 0. The molecule has 8 saturated carbocycles. The molecular formula is C98H68N6O4. The van der Waals surface area contributed by atoms with Crippen LogP contribution in [0.1, 0.15) is 86.5 Å². The van der Waals surface area contributed by atoms with Crippen LogP contribution in [-0.2, 0) is 10.8 Å². The molecule has 10 nitrogen and oxygen atoms in total. The highest BCUT2D eigenvalue weighted by Gasteiger charge is 2.64. The molecule has 12 aromatic carbocycles. The van der Waals surface area contributed by atoms with Gasteiger partial charge in [0.2, 0.25) is 0 Å². The third-order valence-corrected chi connectivity index (χ3v) is 28.0. The zero-order chi connectivity index (χ0) is 70.0. The molecule has 28 rings (SSSR count). The molecule has 0 atom stereocenters. The molecule has 0 N–H and O–H groups in total. The number of aromatic nitrogens is 6. The zero-order valence-electron chi connectivity index (χ0n) is 59.1. The quantitative estimate of drug-likeness (QED) is 0.152. The van der Waals surface area contributed by atoms with Gasteiger partial charge in [0.1, 0.15) is 44.7 Å². The Kier molecular flexibility index (Phi) is 11.7. The van der Waals surface area contributed by atoms with Crippen LogP contribution in [0.25, 0.3) is 189 Å². The van der Waals surface area contributed by atoms with E-state index in [0.717, 1.165) is 156 Å². The second kappa shape index (κ2) is 21.3. The number of rotatable bonds is 7. The van der Waals surface area contributed by atoms with Crippen LogP contribution in [0.2, 0.25) is 0 Å². The van der Waals surface area contributed by atoms with Crippen molar-refractivity contribution in [3.63, 3.8) is 0 Å². The van der Waals surface area contributed by atoms with Crippen molar-refractivity contribution in [1.29, 1.82) is 0 Å². The minimum Gasteiger partial charge on any atom is -0.456 e. The number of hydrogen-bond donors (Lipinski definition) is 0. The maximum Gasteiger partial charge on any atom is 0.167 e. The standard InChI is InChI=1S/C98H68N6O4/c1-5-29-74-63(17-1)84-68(23-11-30-75(84)97(74)56-42-51-40-52(44-56)45-57(97)43-51)92-101-95(104-96(103-92)73-28-10-21-62-61-16-2-6-32-78(61)107-90(62)73)72-27-15-37-83-88(72)67-22-9-20-60(89(67)108-83)55-38-39-64-77(50-55)98(58-46-53-41-54(48-58)49-59(98)47-53)76-31-12-24-69(85(64)76)91-99-93(70-25-13-35-81-86(70)65-18-3-7-33-79(65)105-81)102-94(100-91)71-26-14-36-82-87(71)66-19-4-8-34-80(66)106-82/h1-39,50-54,56-59H,40-49H2. The average Bonchev–Trinajstić information content (AvgIpc) is 1.48. The van der Waals surface area contributed by atoms with E-state index in [1.807, 2.05) is 48.5 Å². The summed E-state index contributed by atoms with van der Waals surface area (Å²) in [5.41, 5.74) is 24.8. The zero-order valence-corrected chi connectivity index (χ0v) is 59.1. The minimum absolute atomic E-state index is 0.0261. The Morgan fingerprint density at radius 3 is 1.11 bits per heavy atom. The fraction of sp³-hybridized carbons (Fsp3) is 0.204. The van der Waals surface area contributed by atoms with E-state index in [1.54, 1.807) is 0 Å². The number of hydrogen-bond acceptors (Lipinski definition) is 10. The summed E-state index contributed by atoms with van der Waals surface area (Å²) in [6.07, 6.45) is 12.9. The Morgan fingerprint density at radius 1 is 0.231 bits per heavy atom. The molecule has 0 amide bonds. The van der Waals surface area contributed by atoms with Crippen LogP contribution in [0.4, 0.5) is 0 Å². The second-order valence-corrected chi connectivity index (χ2v) is 33.0. The monoisotopic (exact) mass is 1390 g/mol. The Bertz CT molecular complexity index is 6840. The van der Waals surface area contributed by atoms with Gasteiger partial charge in [0.05, 0.1) is 5.56 Å². The van der Waals surface area contributed by atoms with Gasteiger partial charge in [-0.1, -0.05) is 194 Å². The van der Waals surface area contributed by atoms with E-state index >= 15 is 0 Å². The highest BCUT2D eigenvalue weighted by Crippen LogP contribution is 2.72. The van der Waals surface area contributed by atoms with E-state index in [9.17, 15) is 0 Å². The first-order valence-electron chi connectivity index (χ1n) is 39.1. The van der Waals surface area contributed by atoms with Crippen molar-refractivity contribution < 1.29 is 17.7 Å². The molecular weight excluding hydrogens is 1330 g/mol. The summed E-state index contributed by atoms with van der Waals surface area (Å²) < 4.78 is 27.3. The van der Waals surface area contributed by atoms with Crippen molar-refractivity contribution in [2.24, 2.45) is 47.3 Å². The van der Waals surface area contributed by atoms with Crippen LogP contribution >= 0.6 is 0 Å². The van der Waals surface area contributed by atoms with Crippen molar-refractivity contribution >= 4 is 87.8 Å².